The summed E-state index contributed by atoms with van der Waals surface area (Å²) in [6.07, 6.45) is 3.15. The normalized spacial score (nSPS) is 22.3. The Balaban J connectivity index is 2.10. The Kier molecular flexibility index (Phi) is 6.57. The van der Waals surface area contributed by atoms with Crippen LogP contribution in [0.1, 0.15) is 27.7 Å². The molecule has 2 heterocycles. The minimum absolute atomic E-state index is 0.00694. The van der Waals surface area contributed by atoms with Gasteiger partial charge in [-0.2, -0.15) is 0 Å². The summed E-state index contributed by atoms with van der Waals surface area (Å²) >= 11 is 0. The minimum Gasteiger partial charge on any atom is -0.426 e. The third-order valence-electron chi connectivity index (χ3n) is 4.93. The summed E-state index contributed by atoms with van der Waals surface area (Å²) in [5.41, 5.74) is -0.0985. The number of hydrogen-bond donors (Lipinski definition) is 1. The first-order valence-electron chi connectivity index (χ1n) is 9.15. The number of esters is 1. The maximum absolute atomic E-state index is 12.5. The molecule has 1 aliphatic rings. The summed E-state index contributed by atoms with van der Waals surface area (Å²) in [4.78, 5) is 28.8. The van der Waals surface area contributed by atoms with E-state index in [-0.39, 0.29) is 35.2 Å². The van der Waals surface area contributed by atoms with Gasteiger partial charge in [-0.1, -0.05) is 20.8 Å². The maximum atomic E-state index is 12.5. The second kappa shape index (κ2) is 8.31. The van der Waals surface area contributed by atoms with Crippen molar-refractivity contribution < 1.29 is 18.8 Å². The fraction of sp³-hybridized carbons (Fsp3) is 0.632. The smallest absolute Gasteiger partial charge is 0.316 e. The molecule has 1 fully saturated rings. The van der Waals surface area contributed by atoms with Gasteiger partial charge in [0.05, 0.1) is 17.9 Å². The van der Waals surface area contributed by atoms with Gasteiger partial charge in [0.1, 0.15) is 5.75 Å². The van der Waals surface area contributed by atoms with Crippen LogP contribution < -0.4 is 10.1 Å². The molecule has 6 nitrogen and oxygen atoms in total. The van der Waals surface area contributed by atoms with Gasteiger partial charge in [0.15, 0.2) is 9.04 Å². The summed E-state index contributed by atoms with van der Waals surface area (Å²) in [5, 5.41) is 2.90. The number of hydrogen-bond acceptors (Lipinski definition) is 5. The van der Waals surface area contributed by atoms with Crippen LogP contribution >= 0.6 is 0 Å². The molecule has 0 aliphatic carbocycles. The van der Waals surface area contributed by atoms with Gasteiger partial charge in [0, 0.05) is 19.0 Å². The van der Waals surface area contributed by atoms with Crippen LogP contribution in [0.15, 0.2) is 24.5 Å². The highest BCUT2D eigenvalue weighted by atomic mass is 28.3. The van der Waals surface area contributed by atoms with Crippen LogP contribution in [-0.2, 0) is 14.0 Å². The Morgan fingerprint density at radius 1 is 1.31 bits per heavy atom. The molecule has 0 saturated carbocycles. The minimum atomic E-state index is -1.19. The van der Waals surface area contributed by atoms with Crippen molar-refractivity contribution in [1.82, 2.24) is 10.3 Å². The number of nitrogens with one attached hydrogen (secondary N) is 1. The molecule has 1 N–H and O–H groups in total. The fourth-order valence-electron chi connectivity index (χ4n) is 3.24. The van der Waals surface area contributed by atoms with Crippen molar-refractivity contribution in [2.45, 2.75) is 46.8 Å². The Hall–Kier alpha value is -1.73. The summed E-state index contributed by atoms with van der Waals surface area (Å²) in [7, 11) is -1.19. The highest BCUT2D eigenvalue weighted by Crippen LogP contribution is 2.40. The van der Waals surface area contributed by atoms with Gasteiger partial charge in [-0.05, 0) is 43.5 Å². The monoisotopic (exact) mass is 378 g/mol. The van der Waals surface area contributed by atoms with Crippen LogP contribution in [0.3, 0.4) is 0 Å². The van der Waals surface area contributed by atoms with Gasteiger partial charge in [-0.3, -0.25) is 14.6 Å². The summed E-state index contributed by atoms with van der Waals surface area (Å²) in [5.74, 6) is -0.534. The summed E-state index contributed by atoms with van der Waals surface area (Å²) in [6, 6.07) is 3.04. The van der Waals surface area contributed by atoms with E-state index in [1.54, 1.807) is 31.5 Å². The molecule has 2 rings (SSSR count). The van der Waals surface area contributed by atoms with Crippen molar-refractivity contribution >= 4 is 20.9 Å². The molecule has 7 heteroatoms. The molecule has 1 aromatic heterocycles. The lowest BCUT2D eigenvalue weighted by Gasteiger charge is -2.48. The first-order valence-corrected chi connectivity index (χ1v) is 11.9. The van der Waals surface area contributed by atoms with E-state index in [4.69, 9.17) is 9.16 Å². The van der Waals surface area contributed by atoms with Crippen molar-refractivity contribution in [3.63, 3.8) is 0 Å². The average Bonchev–Trinajstić information content (AvgIpc) is 2.55. The quantitative estimate of drug-likeness (QED) is 0.448. The van der Waals surface area contributed by atoms with Crippen LogP contribution in [0.25, 0.3) is 0 Å². The van der Waals surface area contributed by atoms with Crippen LogP contribution in [-0.4, -0.2) is 38.5 Å². The molecule has 4 atom stereocenters. The highest BCUT2D eigenvalue weighted by molar-refractivity contribution is 6.48. The summed E-state index contributed by atoms with van der Waals surface area (Å²) < 4.78 is 11.4. The lowest BCUT2D eigenvalue weighted by Crippen LogP contribution is -2.66. The molecule has 0 aromatic carbocycles. The van der Waals surface area contributed by atoms with Crippen LogP contribution in [0, 0.1) is 23.2 Å². The van der Waals surface area contributed by atoms with Gasteiger partial charge in [0.25, 0.3) is 0 Å². The maximum Gasteiger partial charge on any atom is 0.316 e. The highest BCUT2D eigenvalue weighted by Gasteiger charge is 2.52. The van der Waals surface area contributed by atoms with Crippen molar-refractivity contribution in [2.24, 2.45) is 23.2 Å². The van der Waals surface area contributed by atoms with Crippen molar-refractivity contribution in [3.05, 3.63) is 24.5 Å². The number of pyridine rings is 1. The lowest BCUT2D eigenvalue weighted by molar-refractivity contribution is -0.151. The SMILES string of the molecule is C[C@@H](C(=O)Oc1ccncc1)[C@H]1NC(=O)[C@H]1[C@@H](CO[SiH](C)C)C(C)(C)C. The fourth-order valence-corrected chi connectivity index (χ4v) is 3.83. The third kappa shape index (κ3) is 4.91. The van der Waals surface area contributed by atoms with Gasteiger partial charge < -0.3 is 14.5 Å². The average molecular weight is 379 g/mol. The van der Waals surface area contributed by atoms with E-state index in [1.165, 1.54) is 0 Å². The Labute approximate surface area is 157 Å². The molecule has 1 aliphatic heterocycles. The molecule has 0 radical (unpaired) electrons. The van der Waals surface area contributed by atoms with E-state index in [2.05, 4.69) is 44.2 Å². The Morgan fingerprint density at radius 2 is 1.92 bits per heavy atom. The number of amides is 1. The van der Waals surface area contributed by atoms with Crippen molar-refractivity contribution in [2.75, 3.05) is 6.61 Å². The molecule has 0 spiro atoms. The van der Waals surface area contributed by atoms with Crippen LogP contribution in [0.5, 0.6) is 5.75 Å². The molecule has 144 valence electrons. The predicted molar refractivity (Wildman–Crippen MR) is 102 cm³/mol. The van der Waals surface area contributed by atoms with Crippen LogP contribution in [0.4, 0.5) is 0 Å². The molecule has 1 aromatic rings. The van der Waals surface area contributed by atoms with Gasteiger partial charge >= 0.3 is 5.97 Å². The number of aromatic nitrogens is 1. The molecule has 1 amide bonds. The number of carbonyl (C=O) groups is 2. The Morgan fingerprint density at radius 3 is 2.42 bits per heavy atom. The third-order valence-corrected chi connectivity index (χ3v) is 5.79. The van der Waals surface area contributed by atoms with Gasteiger partial charge in [-0.15, -0.1) is 0 Å². The molecule has 1 saturated heterocycles. The van der Waals surface area contributed by atoms with E-state index in [9.17, 15) is 9.59 Å². The number of rotatable bonds is 7. The van der Waals surface area contributed by atoms with E-state index in [1.807, 2.05) is 0 Å². The largest absolute Gasteiger partial charge is 0.426 e. The molecule has 0 bridgehead atoms. The molecule has 26 heavy (non-hydrogen) atoms. The number of carbonyl (C=O) groups excluding carboxylic acids is 2. The zero-order valence-corrected chi connectivity index (χ0v) is 17.6. The number of ether oxygens (including phenoxy) is 1. The van der Waals surface area contributed by atoms with Gasteiger partial charge in [-0.25, -0.2) is 0 Å². The lowest BCUT2D eigenvalue weighted by atomic mass is 9.65. The number of nitrogens with zero attached hydrogens (tertiary/aromatic N) is 1. The van der Waals surface area contributed by atoms with E-state index in [0.29, 0.717) is 12.4 Å². The van der Waals surface area contributed by atoms with Crippen LogP contribution in [0.2, 0.25) is 13.1 Å². The second-order valence-electron chi connectivity index (χ2n) is 8.31. The summed E-state index contributed by atoms with van der Waals surface area (Å²) in [6.45, 7) is 12.9. The predicted octanol–water partition coefficient (Wildman–Crippen LogP) is 2.40. The van der Waals surface area contributed by atoms with E-state index in [0.717, 1.165) is 0 Å². The number of β-lactam (4-membered cyclic amide) rings is 1. The van der Waals surface area contributed by atoms with Crippen molar-refractivity contribution in [1.29, 1.82) is 0 Å². The standard InChI is InChI=1S/C19H30N2O4Si/c1-12(18(23)25-13-7-9-20-10-8-13)16-15(17(22)21-16)14(19(2,3)4)11-24-26(5)6/h7-10,12,14-16,26H,11H2,1-6H3,(H,21,22)/t12-,14-,15+,16-/m1/s1. The van der Waals surface area contributed by atoms with Crippen molar-refractivity contribution in [3.8, 4) is 5.75 Å². The first kappa shape index (κ1) is 20.6. The molecular weight excluding hydrogens is 348 g/mol. The topological polar surface area (TPSA) is 77.5 Å². The zero-order chi connectivity index (χ0) is 19.5. The zero-order valence-electron chi connectivity index (χ0n) is 16.5. The van der Waals surface area contributed by atoms with E-state index < -0.39 is 15.0 Å². The van der Waals surface area contributed by atoms with Gasteiger partial charge in [0.2, 0.25) is 5.91 Å². The molecule has 0 unspecified atom stereocenters. The second-order valence-corrected chi connectivity index (χ2v) is 10.7. The first-order chi connectivity index (χ1) is 12.1. The molecular formula is C19H30N2O4Si. The van der Waals surface area contributed by atoms with E-state index >= 15 is 0 Å². The Bertz CT molecular complexity index is 630.